The van der Waals surface area contributed by atoms with Crippen LogP contribution in [-0.4, -0.2) is 27.2 Å². The summed E-state index contributed by atoms with van der Waals surface area (Å²) in [5, 5.41) is 3.95. The fourth-order valence-electron chi connectivity index (χ4n) is 3.85. The lowest BCUT2D eigenvalue weighted by molar-refractivity contribution is -0.123. The van der Waals surface area contributed by atoms with Crippen molar-refractivity contribution in [2.24, 2.45) is 0 Å². The molecule has 0 bridgehead atoms. The van der Waals surface area contributed by atoms with Gasteiger partial charge in [0.2, 0.25) is 0 Å². The predicted molar refractivity (Wildman–Crippen MR) is 114 cm³/mol. The molecule has 4 rings (SSSR count). The summed E-state index contributed by atoms with van der Waals surface area (Å²) < 4.78 is 34.8. The van der Waals surface area contributed by atoms with E-state index in [-0.39, 0.29) is 23.5 Å². The summed E-state index contributed by atoms with van der Waals surface area (Å²) in [5.41, 5.74) is 2.95. The molecule has 1 amide bonds. The Morgan fingerprint density at radius 2 is 1.87 bits per heavy atom. The first-order valence-corrected chi connectivity index (χ1v) is 12.0. The Morgan fingerprint density at radius 1 is 1.13 bits per heavy atom. The lowest BCUT2D eigenvalue weighted by Gasteiger charge is -2.15. The number of rotatable bonds is 6. The number of carbonyl (C=O) groups excluding carboxylic acids is 1. The highest BCUT2D eigenvalue weighted by atomic mass is 32.2. The zero-order valence-corrected chi connectivity index (χ0v) is 17.9. The molecular formula is C23H25NO5S. The maximum atomic E-state index is 12.3. The second kappa shape index (κ2) is 8.14. The molecule has 0 radical (unpaired) electrons. The van der Waals surface area contributed by atoms with Gasteiger partial charge in [-0.25, -0.2) is 8.42 Å². The van der Waals surface area contributed by atoms with E-state index < -0.39 is 9.84 Å². The van der Waals surface area contributed by atoms with Crippen molar-refractivity contribution in [1.82, 2.24) is 5.32 Å². The topological polar surface area (TPSA) is 85.6 Å². The van der Waals surface area contributed by atoms with Crippen LogP contribution in [0.3, 0.4) is 0 Å². The third-order valence-corrected chi connectivity index (χ3v) is 6.61. The minimum absolute atomic E-state index is 0.0999. The normalized spacial score (nSPS) is 14.9. The van der Waals surface area contributed by atoms with Crippen molar-refractivity contribution < 1.29 is 22.4 Å². The van der Waals surface area contributed by atoms with Gasteiger partial charge in [-0.3, -0.25) is 4.79 Å². The Kier molecular flexibility index (Phi) is 5.56. The summed E-state index contributed by atoms with van der Waals surface area (Å²) in [6.07, 6.45) is 5.48. The number of furan rings is 1. The van der Waals surface area contributed by atoms with Crippen LogP contribution in [0.1, 0.15) is 42.7 Å². The molecule has 0 saturated heterocycles. The monoisotopic (exact) mass is 427 g/mol. The molecule has 1 N–H and O–H groups in total. The van der Waals surface area contributed by atoms with E-state index in [9.17, 15) is 13.2 Å². The summed E-state index contributed by atoms with van der Waals surface area (Å²) in [7, 11) is -3.24. The van der Waals surface area contributed by atoms with Crippen molar-refractivity contribution in [1.29, 1.82) is 0 Å². The number of nitrogens with one attached hydrogen (secondary N) is 1. The summed E-state index contributed by atoms with van der Waals surface area (Å²) >= 11 is 0. The van der Waals surface area contributed by atoms with Crippen LogP contribution in [0, 0.1) is 0 Å². The van der Waals surface area contributed by atoms with Crippen molar-refractivity contribution >= 4 is 26.7 Å². The molecule has 1 aliphatic carbocycles. The fourth-order valence-corrected chi connectivity index (χ4v) is 4.48. The Labute approximate surface area is 176 Å². The van der Waals surface area contributed by atoms with E-state index >= 15 is 0 Å². The van der Waals surface area contributed by atoms with Gasteiger partial charge in [0.1, 0.15) is 17.1 Å². The first-order valence-electron chi connectivity index (χ1n) is 10.1. The maximum Gasteiger partial charge on any atom is 0.258 e. The van der Waals surface area contributed by atoms with E-state index in [0.717, 1.165) is 48.0 Å². The Hall–Kier alpha value is -2.80. The van der Waals surface area contributed by atoms with Crippen molar-refractivity contribution in [2.45, 2.75) is 43.5 Å². The van der Waals surface area contributed by atoms with Crippen LogP contribution in [0.5, 0.6) is 5.75 Å². The molecule has 1 aromatic heterocycles. The van der Waals surface area contributed by atoms with Crippen LogP contribution in [0.15, 0.2) is 51.8 Å². The second-order valence-corrected chi connectivity index (χ2v) is 9.80. The van der Waals surface area contributed by atoms with Gasteiger partial charge >= 0.3 is 0 Å². The molecule has 1 atom stereocenters. The van der Waals surface area contributed by atoms with E-state index in [1.807, 2.05) is 25.1 Å². The van der Waals surface area contributed by atoms with E-state index in [1.165, 1.54) is 11.8 Å². The summed E-state index contributed by atoms with van der Waals surface area (Å²) in [6, 6.07) is 11.9. The molecule has 1 heterocycles. The number of fused-ring (bicyclic) bond motifs is 3. The highest BCUT2D eigenvalue weighted by molar-refractivity contribution is 7.90. The summed E-state index contributed by atoms with van der Waals surface area (Å²) in [5.74, 6) is 1.46. The van der Waals surface area contributed by atoms with Crippen LogP contribution in [0.4, 0.5) is 0 Å². The van der Waals surface area contributed by atoms with Gasteiger partial charge in [0.15, 0.2) is 16.4 Å². The number of amides is 1. The molecule has 158 valence electrons. The number of ether oxygens (including phenoxy) is 1. The Morgan fingerprint density at radius 3 is 2.60 bits per heavy atom. The van der Waals surface area contributed by atoms with Crippen LogP contribution < -0.4 is 10.1 Å². The van der Waals surface area contributed by atoms with Crippen molar-refractivity contribution in [2.75, 3.05) is 12.9 Å². The molecule has 3 aromatic rings. The van der Waals surface area contributed by atoms with Crippen molar-refractivity contribution in [3.8, 4) is 5.75 Å². The molecule has 1 unspecified atom stereocenters. The number of hydrogen-bond acceptors (Lipinski definition) is 5. The molecule has 2 aromatic carbocycles. The average Bonchev–Trinajstić information content (AvgIpc) is 3.09. The first-order chi connectivity index (χ1) is 14.3. The van der Waals surface area contributed by atoms with Crippen molar-refractivity contribution in [3.63, 3.8) is 0 Å². The van der Waals surface area contributed by atoms with E-state index in [4.69, 9.17) is 9.15 Å². The lowest BCUT2D eigenvalue weighted by Crippen LogP contribution is -2.31. The molecule has 0 fully saturated rings. The number of benzene rings is 2. The molecule has 30 heavy (non-hydrogen) atoms. The van der Waals surface area contributed by atoms with Gasteiger partial charge in [-0.1, -0.05) is 12.1 Å². The molecule has 7 heteroatoms. The number of hydrogen-bond donors (Lipinski definition) is 1. The minimum atomic E-state index is -3.24. The zero-order valence-electron chi connectivity index (χ0n) is 17.1. The third-order valence-electron chi connectivity index (χ3n) is 5.48. The average molecular weight is 428 g/mol. The van der Waals surface area contributed by atoms with E-state index in [0.29, 0.717) is 5.75 Å². The van der Waals surface area contributed by atoms with Gasteiger partial charge < -0.3 is 14.5 Å². The van der Waals surface area contributed by atoms with Crippen LogP contribution in [0.25, 0.3) is 11.0 Å². The van der Waals surface area contributed by atoms with Crippen LogP contribution in [-0.2, 0) is 27.5 Å². The minimum Gasteiger partial charge on any atom is -0.484 e. The van der Waals surface area contributed by atoms with Crippen LogP contribution in [0.2, 0.25) is 0 Å². The maximum absolute atomic E-state index is 12.3. The Balaban J connectivity index is 1.37. The fraction of sp³-hybridized carbons (Fsp3) is 0.348. The lowest BCUT2D eigenvalue weighted by atomic mass is 9.96. The van der Waals surface area contributed by atoms with Crippen molar-refractivity contribution in [3.05, 3.63) is 59.4 Å². The largest absolute Gasteiger partial charge is 0.484 e. The van der Waals surface area contributed by atoms with Gasteiger partial charge in [0, 0.05) is 23.6 Å². The third kappa shape index (κ3) is 4.36. The molecule has 6 nitrogen and oxygen atoms in total. The highest BCUT2D eigenvalue weighted by Crippen LogP contribution is 2.33. The summed E-state index contributed by atoms with van der Waals surface area (Å²) in [6.45, 7) is 1.74. The zero-order chi connectivity index (χ0) is 21.3. The predicted octanol–water partition coefficient (Wildman–Crippen LogP) is 3.97. The van der Waals surface area contributed by atoms with Crippen LogP contribution >= 0.6 is 0 Å². The number of aryl methyl sites for hydroxylation is 2. The second-order valence-electron chi connectivity index (χ2n) is 7.79. The molecular weight excluding hydrogens is 402 g/mol. The molecule has 0 aliphatic heterocycles. The van der Waals surface area contributed by atoms with E-state index in [1.54, 1.807) is 24.3 Å². The molecule has 1 aliphatic rings. The number of carbonyl (C=O) groups is 1. The van der Waals surface area contributed by atoms with Gasteiger partial charge in [-0.15, -0.1) is 0 Å². The Bertz CT molecular complexity index is 1180. The molecule has 0 spiro atoms. The van der Waals surface area contributed by atoms with Gasteiger partial charge in [-0.2, -0.15) is 0 Å². The SMILES string of the molecule is CC(NC(=O)COc1ccc2oc3c(c2c1)CCCC3)c1ccc(S(C)(=O)=O)cc1. The van der Waals surface area contributed by atoms with Gasteiger partial charge in [0.25, 0.3) is 5.91 Å². The smallest absolute Gasteiger partial charge is 0.258 e. The highest BCUT2D eigenvalue weighted by Gasteiger charge is 2.18. The van der Waals surface area contributed by atoms with E-state index in [2.05, 4.69) is 5.32 Å². The quantitative estimate of drug-likeness (QED) is 0.643. The van der Waals surface area contributed by atoms with Gasteiger partial charge in [-0.05, 0) is 62.1 Å². The standard InChI is InChI=1S/C23H25NO5S/c1-15(16-7-10-18(11-8-16)30(2,26)27)24-23(25)14-28-17-9-12-22-20(13-17)19-5-3-4-6-21(19)29-22/h7-13,15H,3-6,14H2,1-2H3,(H,24,25). The number of sulfone groups is 1. The molecule has 0 saturated carbocycles. The summed E-state index contributed by atoms with van der Waals surface area (Å²) in [4.78, 5) is 12.6. The van der Waals surface area contributed by atoms with Gasteiger partial charge in [0.05, 0.1) is 10.9 Å². The first kappa shape index (κ1) is 20.5.